The van der Waals surface area contributed by atoms with Crippen molar-refractivity contribution in [2.45, 2.75) is 25.9 Å². The van der Waals surface area contributed by atoms with Crippen LogP contribution < -0.4 is 43.3 Å². The Morgan fingerprint density at radius 1 is 0.662 bits per heavy atom. The number of para-hydroxylation sites is 2. The number of hydrogen-bond donors (Lipinski definition) is 5. The standard InChI is InChI=1S/C50H43N13O5/c1-27(36-26-30-14-11-20-38(68-4)40(30)50(67)61(36)31-15-6-5-7-16-31)56-48(65)42-44(52)59-63-35(21-23-55-46(42)63)32-17-8-9-19-34(32)62-37(25-29-13-10-18-33(53-3)39(29)49(62)66)28(2)57-47(64)41-43(51)58-60-24-12-22-54-45(41)60/h5-28,53H,1-4H3,(H2,51,58)(H2,52,59)(H,56,65)(H,57,64)/t27-,28-/m0/s1. The number of rotatable bonds is 11. The molecule has 6 aromatic heterocycles. The minimum absolute atomic E-state index is 0.00169. The van der Waals surface area contributed by atoms with Crippen molar-refractivity contribution >= 4 is 62.0 Å². The monoisotopic (exact) mass is 905 g/mol. The number of nitrogens with two attached hydrogens (primary N) is 2. The number of benzene rings is 4. The molecule has 0 spiro atoms. The first-order chi connectivity index (χ1) is 33.0. The van der Waals surface area contributed by atoms with E-state index in [4.69, 9.17) is 16.2 Å². The van der Waals surface area contributed by atoms with Gasteiger partial charge in [0.05, 0.1) is 41.3 Å². The highest BCUT2D eigenvalue weighted by Crippen LogP contribution is 2.33. The van der Waals surface area contributed by atoms with E-state index in [1.807, 2.05) is 78.9 Å². The van der Waals surface area contributed by atoms with Gasteiger partial charge in [0.2, 0.25) is 0 Å². The maximum atomic E-state index is 15.1. The van der Waals surface area contributed by atoms with Gasteiger partial charge in [-0.2, -0.15) is 0 Å². The van der Waals surface area contributed by atoms with E-state index in [9.17, 15) is 14.4 Å². The third-order valence-corrected chi connectivity index (χ3v) is 12.0. The minimum atomic E-state index is -0.776. The van der Waals surface area contributed by atoms with Gasteiger partial charge in [-0.15, -0.1) is 10.2 Å². The summed E-state index contributed by atoms with van der Waals surface area (Å²) in [6.45, 7) is 3.55. The quantitative estimate of drug-likeness (QED) is 0.0970. The van der Waals surface area contributed by atoms with Crippen LogP contribution in [-0.4, -0.2) is 64.3 Å². The normalized spacial score (nSPS) is 12.4. The molecule has 18 nitrogen and oxygen atoms in total. The first kappa shape index (κ1) is 42.6. The molecule has 18 heteroatoms. The molecule has 0 aliphatic carbocycles. The topological polar surface area (TPSA) is 236 Å². The molecule has 0 aliphatic heterocycles. The molecule has 0 saturated heterocycles. The van der Waals surface area contributed by atoms with Crippen LogP contribution in [0.15, 0.2) is 143 Å². The number of nitrogens with zero attached hydrogens (tertiary/aromatic N) is 8. The molecule has 68 heavy (non-hydrogen) atoms. The lowest BCUT2D eigenvalue weighted by Gasteiger charge is -2.23. The number of hydrogen-bond acceptors (Lipinski definition) is 12. The van der Waals surface area contributed by atoms with Crippen molar-refractivity contribution in [3.63, 3.8) is 0 Å². The zero-order chi connectivity index (χ0) is 47.4. The van der Waals surface area contributed by atoms with Gasteiger partial charge in [0.25, 0.3) is 22.9 Å². The second-order valence-corrected chi connectivity index (χ2v) is 16.1. The number of fused-ring (bicyclic) bond motifs is 4. The van der Waals surface area contributed by atoms with E-state index >= 15 is 4.79 Å². The van der Waals surface area contributed by atoms with Crippen LogP contribution in [0.5, 0.6) is 5.75 Å². The van der Waals surface area contributed by atoms with Crippen LogP contribution in [0.25, 0.3) is 55.5 Å². The Balaban J connectivity index is 1.07. The Hall–Kier alpha value is -9.32. The smallest absolute Gasteiger partial charge is 0.267 e. The molecule has 4 aromatic carbocycles. The molecule has 10 rings (SSSR count). The van der Waals surface area contributed by atoms with E-state index in [-0.39, 0.29) is 45.2 Å². The number of aromatic nitrogens is 8. The van der Waals surface area contributed by atoms with Gasteiger partial charge >= 0.3 is 0 Å². The molecule has 0 radical (unpaired) electrons. The average molecular weight is 906 g/mol. The van der Waals surface area contributed by atoms with Crippen molar-refractivity contribution < 1.29 is 14.3 Å². The second-order valence-electron chi connectivity index (χ2n) is 16.1. The Bertz CT molecular complexity index is 3780. The first-order valence-electron chi connectivity index (χ1n) is 21.6. The summed E-state index contributed by atoms with van der Waals surface area (Å²) < 4.78 is 11.6. The van der Waals surface area contributed by atoms with Crippen LogP contribution in [0.1, 0.15) is 58.0 Å². The van der Waals surface area contributed by atoms with Crippen LogP contribution in [0, 0.1) is 0 Å². The van der Waals surface area contributed by atoms with Crippen LogP contribution in [-0.2, 0) is 0 Å². The molecule has 2 atom stereocenters. The third-order valence-electron chi connectivity index (χ3n) is 12.0. The Kier molecular flexibility index (Phi) is 10.6. The summed E-state index contributed by atoms with van der Waals surface area (Å²) in [5, 5.41) is 20.2. The fourth-order valence-electron chi connectivity index (χ4n) is 8.92. The number of ether oxygens (including phenoxy) is 1. The van der Waals surface area contributed by atoms with Crippen LogP contribution in [0.4, 0.5) is 17.3 Å². The number of nitrogen functional groups attached to an aromatic ring is 2. The Morgan fingerprint density at radius 3 is 2.00 bits per heavy atom. The molecule has 338 valence electrons. The summed E-state index contributed by atoms with van der Waals surface area (Å²) in [4.78, 5) is 66.7. The SMILES string of the molecule is CNc1cccc2cc([C@H](C)NC(=O)c3c(N)nn4cccnc34)n(-c3ccccc3-c3ccnc4c(C(=O)N[C@@H](C)c5cc6cccc(OC)c6c(=O)n5-c5ccccc5)c(N)nn34)c(=O)c12. The maximum absolute atomic E-state index is 15.1. The molecule has 0 bridgehead atoms. The average Bonchev–Trinajstić information content (AvgIpc) is 3.88. The molecule has 0 unspecified atom stereocenters. The van der Waals surface area contributed by atoms with E-state index in [0.29, 0.717) is 67.0 Å². The highest BCUT2D eigenvalue weighted by Gasteiger charge is 2.28. The third kappa shape index (κ3) is 6.98. The summed E-state index contributed by atoms with van der Waals surface area (Å²) in [5.74, 6) is -0.794. The largest absolute Gasteiger partial charge is 0.496 e. The van der Waals surface area contributed by atoms with Crippen molar-refractivity contribution in [3.8, 4) is 28.4 Å². The number of anilines is 3. The Labute approximate surface area is 386 Å². The predicted octanol–water partition coefficient (Wildman–Crippen LogP) is 6.24. The fourth-order valence-corrected chi connectivity index (χ4v) is 8.92. The van der Waals surface area contributed by atoms with Gasteiger partial charge in [-0.25, -0.2) is 19.0 Å². The molecule has 0 aliphatic rings. The molecule has 2 amide bonds. The number of methoxy groups -OCH3 is 1. The maximum Gasteiger partial charge on any atom is 0.267 e. The Morgan fingerprint density at radius 2 is 1.28 bits per heavy atom. The number of amides is 2. The zero-order valence-corrected chi connectivity index (χ0v) is 37.1. The van der Waals surface area contributed by atoms with E-state index in [1.54, 1.807) is 78.8 Å². The van der Waals surface area contributed by atoms with Crippen LogP contribution in [0.3, 0.4) is 0 Å². The molecule has 7 N–H and O–H groups in total. The van der Waals surface area contributed by atoms with Crippen molar-refractivity contribution in [1.29, 1.82) is 0 Å². The van der Waals surface area contributed by atoms with E-state index < -0.39 is 23.9 Å². The molecular formula is C50H43N13O5. The van der Waals surface area contributed by atoms with Crippen molar-refractivity contribution in [2.24, 2.45) is 0 Å². The summed E-state index contributed by atoms with van der Waals surface area (Å²) in [6.07, 6.45) is 4.72. The van der Waals surface area contributed by atoms with Crippen LogP contribution in [0.2, 0.25) is 0 Å². The summed E-state index contributed by atoms with van der Waals surface area (Å²) in [6, 6.07) is 32.8. The van der Waals surface area contributed by atoms with Crippen LogP contribution >= 0.6 is 0 Å². The zero-order valence-electron chi connectivity index (χ0n) is 37.1. The summed E-state index contributed by atoms with van der Waals surface area (Å²) in [7, 11) is 3.25. The first-order valence-corrected chi connectivity index (χ1v) is 21.6. The number of nitrogens with one attached hydrogen (secondary N) is 3. The van der Waals surface area contributed by atoms with Gasteiger partial charge in [0.1, 0.15) is 16.9 Å². The highest BCUT2D eigenvalue weighted by atomic mass is 16.5. The molecule has 6 heterocycles. The van der Waals surface area contributed by atoms with Gasteiger partial charge < -0.3 is 32.2 Å². The van der Waals surface area contributed by atoms with Gasteiger partial charge in [-0.05, 0) is 79.2 Å². The second kappa shape index (κ2) is 16.9. The molecule has 0 fully saturated rings. The van der Waals surface area contributed by atoms with E-state index in [2.05, 4.69) is 36.1 Å². The fraction of sp³-hybridized carbons (Fsp3) is 0.120. The van der Waals surface area contributed by atoms with Gasteiger partial charge in [-0.3, -0.25) is 28.3 Å². The number of pyridine rings is 2. The summed E-state index contributed by atoms with van der Waals surface area (Å²) in [5.41, 5.74) is 16.3. The number of carbonyl (C=O) groups excluding carboxylic acids is 2. The van der Waals surface area contributed by atoms with E-state index in [0.717, 1.165) is 0 Å². The number of carbonyl (C=O) groups is 2. The van der Waals surface area contributed by atoms with Crippen molar-refractivity contribution in [3.05, 3.63) is 177 Å². The lowest BCUT2D eigenvalue weighted by Crippen LogP contribution is -2.32. The van der Waals surface area contributed by atoms with E-state index in [1.165, 1.54) is 22.3 Å². The van der Waals surface area contributed by atoms with Gasteiger partial charge in [-0.1, -0.05) is 60.7 Å². The van der Waals surface area contributed by atoms with Gasteiger partial charge in [0, 0.05) is 54.0 Å². The van der Waals surface area contributed by atoms with Gasteiger partial charge in [0.15, 0.2) is 22.9 Å². The molecule has 10 aromatic rings. The predicted molar refractivity (Wildman–Crippen MR) is 261 cm³/mol. The molecule has 0 saturated carbocycles. The minimum Gasteiger partial charge on any atom is -0.496 e. The highest BCUT2D eigenvalue weighted by molar-refractivity contribution is 6.05. The lowest BCUT2D eigenvalue weighted by atomic mass is 10.0. The summed E-state index contributed by atoms with van der Waals surface area (Å²) >= 11 is 0. The van der Waals surface area contributed by atoms with Crippen molar-refractivity contribution in [1.82, 2.24) is 49.0 Å². The molecular weight excluding hydrogens is 863 g/mol. The lowest BCUT2D eigenvalue weighted by molar-refractivity contribution is 0.0932. The van der Waals surface area contributed by atoms with Crippen molar-refractivity contribution in [2.75, 3.05) is 30.9 Å².